The number of piperidine rings is 1. The van der Waals surface area contributed by atoms with Gasteiger partial charge in [0.2, 0.25) is 0 Å². The standard InChI is InChI=1S/C22H22FN5O/c1-15-4-7-19(11-20(15)23)29-18-8-5-16(6-9-18)21-12-22(25)28(26-21)17-3-2-10-27(13-17)14-24/h4-9,11-12,17H,2-3,10,13,25H2,1H3. The predicted molar refractivity (Wildman–Crippen MR) is 109 cm³/mol. The van der Waals surface area contributed by atoms with Gasteiger partial charge in [-0.25, -0.2) is 9.07 Å². The summed E-state index contributed by atoms with van der Waals surface area (Å²) in [7, 11) is 0. The first-order valence-electron chi connectivity index (χ1n) is 9.57. The Labute approximate surface area is 168 Å². The van der Waals surface area contributed by atoms with E-state index in [1.54, 1.807) is 24.0 Å². The van der Waals surface area contributed by atoms with Crippen LogP contribution in [-0.2, 0) is 0 Å². The normalized spacial score (nSPS) is 16.4. The predicted octanol–water partition coefficient (Wildman–Crippen LogP) is 4.49. The van der Waals surface area contributed by atoms with Crippen LogP contribution in [0.4, 0.5) is 10.2 Å². The Balaban J connectivity index is 1.50. The number of hydrogen-bond donors (Lipinski definition) is 1. The number of aryl methyl sites for hydroxylation is 1. The highest BCUT2D eigenvalue weighted by Crippen LogP contribution is 2.29. The number of nitrogens with zero attached hydrogens (tertiary/aromatic N) is 4. The molecule has 29 heavy (non-hydrogen) atoms. The topological polar surface area (TPSA) is 80.1 Å². The molecule has 1 aliphatic heterocycles. The molecule has 6 nitrogen and oxygen atoms in total. The molecule has 0 aliphatic carbocycles. The van der Waals surface area contributed by atoms with Crippen molar-refractivity contribution in [1.29, 1.82) is 5.26 Å². The smallest absolute Gasteiger partial charge is 0.179 e. The zero-order valence-corrected chi connectivity index (χ0v) is 16.2. The van der Waals surface area contributed by atoms with Crippen LogP contribution in [0.2, 0.25) is 0 Å². The fourth-order valence-corrected chi connectivity index (χ4v) is 3.55. The Morgan fingerprint density at radius 3 is 2.66 bits per heavy atom. The summed E-state index contributed by atoms with van der Waals surface area (Å²) in [6, 6.07) is 14.2. The van der Waals surface area contributed by atoms with Crippen molar-refractivity contribution in [3.63, 3.8) is 0 Å². The number of hydrogen-bond acceptors (Lipinski definition) is 5. The lowest BCUT2D eigenvalue weighted by molar-refractivity contribution is 0.235. The molecule has 0 saturated carbocycles. The van der Waals surface area contributed by atoms with Gasteiger partial charge in [-0.2, -0.15) is 10.4 Å². The molecule has 0 radical (unpaired) electrons. The zero-order chi connectivity index (χ0) is 20.4. The average molecular weight is 391 g/mol. The van der Waals surface area contributed by atoms with E-state index in [4.69, 9.17) is 15.7 Å². The maximum atomic E-state index is 13.7. The van der Waals surface area contributed by atoms with Gasteiger partial charge in [0.25, 0.3) is 0 Å². The second-order valence-corrected chi connectivity index (χ2v) is 7.28. The van der Waals surface area contributed by atoms with E-state index < -0.39 is 0 Å². The van der Waals surface area contributed by atoms with Crippen molar-refractivity contribution in [1.82, 2.24) is 14.7 Å². The number of likely N-dealkylation sites (tertiary alicyclic amines) is 1. The molecule has 0 amide bonds. The number of ether oxygens (including phenoxy) is 1. The monoisotopic (exact) mass is 391 g/mol. The minimum absolute atomic E-state index is 0.0937. The van der Waals surface area contributed by atoms with Gasteiger partial charge < -0.3 is 15.4 Å². The number of anilines is 1. The van der Waals surface area contributed by atoms with Crippen LogP contribution in [0.25, 0.3) is 11.3 Å². The molecule has 2 N–H and O–H groups in total. The van der Waals surface area contributed by atoms with E-state index in [9.17, 15) is 4.39 Å². The zero-order valence-electron chi connectivity index (χ0n) is 16.2. The van der Waals surface area contributed by atoms with E-state index in [1.807, 2.05) is 35.0 Å². The van der Waals surface area contributed by atoms with Crippen molar-refractivity contribution >= 4 is 5.82 Å². The van der Waals surface area contributed by atoms with Crippen molar-refractivity contribution in [2.24, 2.45) is 0 Å². The molecule has 148 valence electrons. The molecular weight excluding hydrogens is 369 g/mol. The molecule has 1 fully saturated rings. The largest absolute Gasteiger partial charge is 0.457 e. The molecule has 2 heterocycles. The average Bonchev–Trinajstić information content (AvgIpc) is 3.13. The number of benzene rings is 2. The van der Waals surface area contributed by atoms with Crippen LogP contribution in [-0.4, -0.2) is 27.8 Å². The Bertz CT molecular complexity index is 1050. The van der Waals surface area contributed by atoms with E-state index in [-0.39, 0.29) is 11.9 Å². The molecule has 1 aliphatic rings. The third kappa shape index (κ3) is 4.02. The maximum Gasteiger partial charge on any atom is 0.179 e. The van der Waals surface area contributed by atoms with Crippen LogP contribution in [0.5, 0.6) is 11.5 Å². The minimum Gasteiger partial charge on any atom is -0.457 e. The van der Waals surface area contributed by atoms with Crippen molar-refractivity contribution in [2.45, 2.75) is 25.8 Å². The SMILES string of the molecule is Cc1ccc(Oc2ccc(-c3cc(N)n(C4CCCN(C#N)C4)n3)cc2)cc1F. The summed E-state index contributed by atoms with van der Waals surface area (Å²) in [5, 5.41) is 13.8. The van der Waals surface area contributed by atoms with Gasteiger partial charge in [0.15, 0.2) is 6.19 Å². The lowest BCUT2D eigenvalue weighted by atomic mass is 10.1. The highest BCUT2D eigenvalue weighted by atomic mass is 19.1. The molecule has 1 saturated heterocycles. The van der Waals surface area contributed by atoms with Crippen LogP contribution in [0.15, 0.2) is 48.5 Å². The van der Waals surface area contributed by atoms with E-state index in [1.165, 1.54) is 6.07 Å². The first-order valence-corrected chi connectivity index (χ1v) is 9.57. The second-order valence-electron chi connectivity index (χ2n) is 7.28. The van der Waals surface area contributed by atoms with Gasteiger partial charge in [0.05, 0.1) is 18.3 Å². The van der Waals surface area contributed by atoms with Crippen molar-refractivity contribution in [3.8, 4) is 28.9 Å². The fourth-order valence-electron chi connectivity index (χ4n) is 3.55. The Morgan fingerprint density at radius 1 is 1.17 bits per heavy atom. The van der Waals surface area contributed by atoms with Crippen LogP contribution in [0, 0.1) is 24.2 Å². The Hall–Kier alpha value is -3.53. The molecule has 1 atom stereocenters. The summed E-state index contributed by atoms with van der Waals surface area (Å²) < 4.78 is 21.2. The van der Waals surface area contributed by atoms with E-state index in [0.717, 1.165) is 30.6 Å². The number of nitrogen functional groups attached to an aromatic ring is 1. The lowest BCUT2D eigenvalue weighted by Crippen LogP contribution is -2.34. The van der Waals surface area contributed by atoms with Gasteiger partial charge in [0.1, 0.15) is 23.1 Å². The molecular formula is C22H22FN5O. The van der Waals surface area contributed by atoms with Gasteiger partial charge in [-0.15, -0.1) is 0 Å². The third-order valence-corrected chi connectivity index (χ3v) is 5.18. The number of nitrogens with two attached hydrogens (primary N) is 1. The molecule has 3 aromatic rings. The molecule has 0 spiro atoms. The molecule has 4 rings (SSSR count). The highest BCUT2D eigenvalue weighted by molar-refractivity contribution is 5.63. The van der Waals surface area contributed by atoms with Gasteiger partial charge in [0, 0.05) is 24.2 Å². The first kappa shape index (κ1) is 18.8. The maximum absolute atomic E-state index is 13.7. The van der Waals surface area contributed by atoms with E-state index in [0.29, 0.717) is 29.4 Å². The molecule has 1 aromatic heterocycles. The van der Waals surface area contributed by atoms with E-state index in [2.05, 4.69) is 11.3 Å². The van der Waals surface area contributed by atoms with Gasteiger partial charge in [-0.1, -0.05) is 6.07 Å². The minimum atomic E-state index is -0.294. The number of halogens is 1. The van der Waals surface area contributed by atoms with Gasteiger partial charge in [-0.3, -0.25) is 0 Å². The van der Waals surface area contributed by atoms with Crippen LogP contribution in [0.1, 0.15) is 24.4 Å². The molecule has 0 bridgehead atoms. The summed E-state index contributed by atoms with van der Waals surface area (Å²) in [6.45, 7) is 3.12. The van der Waals surface area contributed by atoms with Crippen LogP contribution >= 0.6 is 0 Å². The summed E-state index contributed by atoms with van der Waals surface area (Å²) >= 11 is 0. The van der Waals surface area contributed by atoms with Crippen molar-refractivity contribution in [2.75, 3.05) is 18.8 Å². The molecule has 7 heteroatoms. The summed E-state index contributed by atoms with van der Waals surface area (Å²) in [5.74, 6) is 1.35. The number of nitriles is 1. The Kier molecular flexibility index (Phi) is 5.09. The Morgan fingerprint density at radius 2 is 1.93 bits per heavy atom. The van der Waals surface area contributed by atoms with Gasteiger partial charge >= 0.3 is 0 Å². The fraction of sp³-hybridized carbons (Fsp3) is 0.273. The quantitative estimate of drug-likeness (QED) is 0.663. The number of rotatable bonds is 4. The summed E-state index contributed by atoms with van der Waals surface area (Å²) in [5.41, 5.74) is 8.45. The van der Waals surface area contributed by atoms with E-state index >= 15 is 0 Å². The first-order chi connectivity index (χ1) is 14.0. The van der Waals surface area contributed by atoms with Crippen LogP contribution in [0.3, 0.4) is 0 Å². The number of aromatic nitrogens is 2. The molecule has 1 unspecified atom stereocenters. The lowest BCUT2D eigenvalue weighted by Gasteiger charge is -2.29. The summed E-state index contributed by atoms with van der Waals surface area (Å²) in [4.78, 5) is 1.75. The highest BCUT2D eigenvalue weighted by Gasteiger charge is 2.23. The van der Waals surface area contributed by atoms with Crippen molar-refractivity contribution in [3.05, 3.63) is 59.9 Å². The van der Waals surface area contributed by atoms with Crippen LogP contribution < -0.4 is 10.5 Å². The third-order valence-electron chi connectivity index (χ3n) is 5.18. The van der Waals surface area contributed by atoms with Gasteiger partial charge in [-0.05, 0) is 55.7 Å². The molecule has 2 aromatic carbocycles. The summed E-state index contributed by atoms with van der Waals surface area (Å²) in [6.07, 6.45) is 4.10. The van der Waals surface area contributed by atoms with Crippen molar-refractivity contribution < 1.29 is 9.13 Å². The second kappa shape index (κ2) is 7.84.